The predicted molar refractivity (Wildman–Crippen MR) is 85.4 cm³/mol. The van der Waals surface area contributed by atoms with Crippen LogP contribution in [0.4, 0.5) is 0 Å². The maximum absolute atomic E-state index is 2.49. The molecule has 0 aromatic heterocycles. The SMILES string of the molecule is CC(C)=CCN(CC=C(C)C)CCc1ccccc1. The molecule has 1 aromatic rings. The highest BCUT2D eigenvalue weighted by atomic mass is 15.1. The summed E-state index contributed by atoms with van der Waals surface area (Å²) in [5.41, 5.74) is 4.20. The third-order valence-corrected chi connectivity index (χ3v) is 3.07. The minimum absolute atomic E-state index is 1.04. The lowest BCUT2D eigenvalue weighted by Gasteiger charge is -2.19. The molecular weight excluding hydrogens is 230 g/mol. The fourth-order valence-corrected chi connectivity index (χ4v) is 1.81. The van der Waals surface area contributed by atoms with E-state index < -0.39 is 0 Å². The van der Waals surface area contributed by atoms with Gasteiger partial charge in [0, 0.05) is 19.6 Å². The fourth-order valence-electron chi connectivity index (χ4n) is 1.81. The lowest BCUT2D eigenvalue weighted by atomic mass is 10.1. The molecule has 0 bridgehead atoms. The third kappa shape index (κ3) is 7.63. The molecule has 1 nitrogen and oxygen atoms in total. The Morgan fingerprint density at radius 1 is 0.895 bits per heavy atom. The first-order valence-electron chi connectivity index (χ1n) is 7.11. The highest BCUT2D eigenvalue weighted by Crippen LogP contribution is 2.03. The van der Waals surface area contributed by atoms with Crippen molar-refractivity contribution in [3.63, 3.8) is 0 Å². The summed E-state index contributed by atoms with van der Waals surface area (Å²) in [5, 5.41) is 0. The molecular formula is C18H27N. The molecule has 0 radical (unpaired) electrons. The monoisotopic (exact) mass is 257 g/mol. The van der Waals surface area contributed by atoms with Crippen molar-refractivity contribution < 1.29 is 0 Å². The van der Waals surface area contributed by atoms with Crippen molar-refractivity contribution in [1.29, 1.82) is 0 Å². The number of benzene rings is 1. The molecule has 0 heterocycles. The van der Waals surface area contributed by atoms with Gasteiger partial charge in [-0.25, -0.2) is 0 Å². The molecule has 0 aliphatic rings. The first-order chi connectivity index (χ1) is 9.08. The predicted octanol–water partition coefficient (Wildman–Crippen LogP) is 4.46. The minimum Gasteiger partial charge on any atom is -0.296 e. The van der Waals surface area contributed by atoms with E-state index in [0.717, 1.165) is 26.1 Å². The van der Waals surface area contributed by atoms with E-state index in [1.807, 2.05) is 0 Å². The van der Waals surface area contributed by atoms with Gasteiger partial charge in [0.05, 0.1) is 0 Å². The van der Waals surface area contributed by atoms with Crippen LogP contribution >= 0.6 is 0 Å². The van der Waals surface area contributed by atoms with Crippen molar-refractivity contribution in [2.45, 2.75) is 34.1 Å². The van der Waals surface area contributed by atoms with Crippen molar-refractivity contribution in [2.24, 2.45) is 0 Å². The van der Waals surface area contributed by atoms with E-state index in [4.69, 9.17) is 0 Å². The number of allylic oxidation sites excluding steroid dienone is 2. The zero-order chi connectivity index (χ0) is 14.1. The van der Waals surface area contributed by atoms with Crippen LogP contribution in [0.2, 0.25) is 0 Å². The zero-order valence-corrected chi connectivity index (χ0v) is 12.8. The molecule has 104 valence electrons. The standard InChI is InChI=1S/C18H27N/c1-16(2)10-13-19(14-11-17(3)4)15-12-18-8-6-5-7-9-18/h5-11H,12-15H2,1-4H3. The molecule has 0 spiro atoms. The number of rotatable bonds is 7. The van der Waals surface area contributed by atoms with Crippen LogP contribution in [0.25, 0.3) is 0 Å². The molecule has 1 rings (SSSR count). The van der Waals surface area contributed by atoms with Gasteiger partial charge in [0.1, 0.15) is 0 Å². The van der Waals surface area contributed by atoms with E-state index in [0.29, 0.717) is 0 Å². The topological polar surface area (TPSA) is 3.24 Å². The Hall–Kier alpha value is -1.34. The highest BCUT2D eigenvalue weighted by Gasteiger charge is 2.02. The Balaban J connectivity index is 2.53. The summed E-state index contributed by atoms with van der Waals surface area (Å²) >= 11 is 0. The number of nitrogens with zero attached hydrogens (tertiary/aromatic N) is 1. The normalized spacial score (nSPS) is 10.4. The summed E-state index contributed by atoms with van der Waals surface area (Å²) in [7, 11) is 0. The second-order valence-electron chi connectivity index (χ2n) is 5.56. The third-order valence-electron chi connectivity index (χ3n) is 3.07. The van der Waals surface area contributed by atoms with E-state index in [2.05, 4.69) is 75.1 Å². The van der Waals surface area contributed by atoms with Crippen LogP contribution in [0.15, 0.2) is 53.6 Å². The van der Waals surface area contributed by atoms with Gasteiger partial charge in [-0.3, -0.25) is 4.90 Å². The van der Waals surface area contributed by atoms with Gasteiger partial charge in [0.25, 0.3) is 0 Å². The van der Waals surface area contributed by atoms with Crippen LogP contribution in [0, 0.1) is 0 Å². The van der Waals surface area contributed by atoms with E-state index in [9.17, 15) is 0 Å². The Morgan fingerprint density at radius 2 is 1.42 bits per heavy atom. The zero-order valence-electron chi connectivity index (χ0n) is 12.8. The van der Waals surface area contributed by atoms with Gasteiger partial charge in [-0.15, -0.1) is 0 Å². The van der Waals surface area contributed by atoms with Crippen molar-refractivity contribution in [1.82, 2.24) is 4.90 Å². The molecule has 1 aromatic carbocycles. The molecule has 0 atom stereocenters. The number of hydrogen-bond donors (Lipinski definition) is 0. The lowest BCUT2D eigenvalue weighted by Crippen LogP contribution is -2.26. The molecule has 0 N–H and O–H groups in total. The van der Waals surface area contributed by atoms with E-state index in [1.165, 1.54) is 16.7 Å². The first-order valence-corrected chi connectivity index (χ1v) is 7.11. The molecule has 1 heteroatoms. The molecule has 0 aliphatic carbocycles. The van der Waals surface area contributed by atoms with E-state index in [1.54, 1.807) is 0 Å². The second kappa shape index (κ2) is 8.71. The van der Waals surface area contributed by atoms with Crippen LogP contribution in [0.3, 0.4) is 0 Å². The van der Waals surface area contributed by atoms with E-state index in [-0.39, 0.29) is 0 Å². The van der Waals surface area contributed by atoms with Gasteiger partial charge in [-0.2, -0.15) is 0 Å². The summed E-state index contributed by atoms with van der Waals surface area (Å²) in [4.78, 5) is 2.49. The summed E-state index contributed by atoms with van der Waals surface area (Å²) < 4.78 is 0. The maximum atomic E-state index is 2.49. The smallest absolute Gasteiger partial charge is 0.0169 e. The van der Waals surface area contributed by atoms with Crippen LogP contribution in [0.1, 0.15) is 33.3 Å². The molecule has 0 unspecified atom stereocenters. The molecule has 0 saturated carbocycles. The molecule has 0 amide bonds. The fraction of sp³-hybridized carbons (Fsp3) is 0.444. The van der Waals surface area contributed by atoms with Gasteiger partial charge in [0.15, 0.2) is 0 Å². The van der Waals surface area contributed by atoms with Crippen LogP contribution in [0.5, 0.6) is 0 Å². The Bertz CT molecular complexity index is 387. The summed E-state index contributed by atoms with van der Waals surface area (Å²) in [5.74, 6) is 0. The highest BCUT2D eigenvalue weighted by molar-refractivity contribution is 5.15. The summed E-state index contributed by atoms with van der Waals surface area (Å²) in [6.45, 7) is 11.8. The molecule has 0 fully saturated rings. The van der Waals surface area contributed by atoms with Gasteiger partial charge >= 0.3 is 0 Å². The second-order valence-corrected chi connectivity index (χ2v) is 5.56. The van der Waals surface area contributed by atoms with Crippen molar-refractivity contribution in [3.8, 4) is 0 Å². The van der Waals surface area contributed by atoms with Gasteiger partial charge in [0.2, 0.25) is 0 Å². The molecule has 0 saturated heterocycles. The lowest BCUT2D eigenvalue weighted by molar-refractivity contribution is 0.338. The first kappa shape index (κ1) is 15.7. The van der Waals surface area contributed by atoms with Crippen molar-refractivity contribution in [3.05, 3.63) is 59.2 Å². The van der Waals surface area contributed by atoms with Crippen LogP contribution in [-0.2, 0) is 6.42 Å². The molecule has 0 aliphatic heterocycles. The van der Waals surface area contributed by atoms with Crippen molar-refractivity contribution >= 4 is 0 Å². The number of hydrogen-bond acceptors (Lipinski definition) is 1. The quantitative estimate of drug-likeness (QED) is 0.652. The Morgan fingerprint density at radius 3 is 1.89 bits per heavy atom. The van der Waals surface area contributed by atoms with Crippen molar-refractivity contribution in [2.75, 3.05) is 19.6 Å². The summed E-state index contributed by atoms with van der Waals surface area (Å²) in [6, 6.07) is 10.7. The maximum Gasteiger partial charge on any atom is 0.0169 e. The average molecular weight is 257 g/mol. The van der Waals surface area contributed by atoms with Gasteiger partial charge < -0.3 is 0 Å². The Labute approximate surface area is 118 Å². The van der Waals surface area contributed by atoms with Crippen LogP contribution in [-0.4, -0.2) is 24.5 Å². The minimum atomic E-state index is 1.04. The Kier molecular flexibility index (Phi) is 7.20. The van der Waals surface area contributed by atoms with Gasteiger partial charge in [-0.1, -0.05) is 53.6 Å². The summed E-state index contributed by atoms with van der Waals surface area (Å²) in [6.07, 6.45) is 5.74. The largest absolute Gasteiger partial charge is 0.296 e. The van der Waals surface area contributed by atoms with E-state index >= 15 is 0 Å². The van der Waals surface area contributed by atoms with Gasteiger partial charge in [-0.05, 0) is 39.7 Å². The average Bonchev–Trinajstić information content (AvgIpc) is 2.38. The van der Waals surface area contributed by atoms with Crippen LogP contribution < -0.4 is 0 Å². The molecule has 19 heavy (non-hydrogen) atoms.